The van der Waals surface area contributed by atoms with Crippen LogP contribution in [0.1, 0.15) is 35.0 Å². The van der Waals surface area contributed by atoms with Crippen molar-refractivity contribution in [3.05, 3.63) is 46.8 Å². The van der Waals surface area contributed by atoms with Crippen LogP contribution in [0.25, 0.3) is 0 Å². The van der Waals surface area contributed by atoms with Gasteiger partial charge in [0, 0.05) is 11.1 Å². The molecule has 0 aromatic heterocycles. The van der Waals surface area contributed by atoms with Gasteiger partial charge in [-0.1, -0.05) is 18.2 Å². The molecule has 2 aliphatic rings. The highest BCUT2D eigenvalue weighted by atomic mass is 19.1. The Morgan fingerprint density at radius 3 is 2.75 bits per heavy atom. The highest BCUT2D eigenvalue weighted by Gasteiger charge is 2.35. The fourth-order valence-electron chi connectivity index (χ4n) is 2.77. The average molecular weight is 276 g/mol. The molecule has 0 spiro atoms. The van der Waals surface area contributed by atoms with Crippen LogP contribution in [0.4, 0.5) is 4.39 Å². The van der Waals surface area contributed by atoms with Gasteiger partial charge in [-0.25, -0.2) is 4.39 Å². The number of amides is 1. The van der Waals surface area contributed by atoms with Gasteiger partial charge in [0.25, 0.3) is 5.91 Å². The lowest BCUT2D eigenvalue weighted by Gasteiger charge is -2.22. The van der Waals surface area contributed by atoms with E-state index in [0.29, 0.717) is 24.0 Å². The fourth-order valence-corrected chi connectivity index (χ4v) is 2.77. The Morgan fingerprint density at radius 2 is 2.05 bits per heavy atom. The van der Waals surface area contributed by atoms with Crippen molar-refractivity contribution in [1.82, 2.24) is 10.2 Å². The minimum atomic E-state index is -1.05. The quantitative estimate of drug-likeness (QED) is 0.865. The topological polar surface area (TPSA) is 52.6 Å². The van der Waals surface area contributed by atoms with Crippen LogP contribution in [0.5, 0.6) is 0 Å². The molecule has 20 heavy (non-hydrogen) atoms. The van der Waals surface area contributed by atoms with Gasteiger partial charge in [-0.3, -0.25) is 4.79 Å². The maximum Gasteiger partial charge on any atom is 0.256 e. The number of benzene rings is 1. The van der Waals surface area contributed by atoms with Crippen molar-refractivity contribution < 1.29 is 14.3 Å². The van der Waals surface area contributed by atoms with E-state index in [1.807, 2.05) is 0 Å². The van der Waals surface area contributed by atoms with E-state index in [9.17, 15) is 14.3 Å². The van der Waals surface area contributed by atoms with Gasteiger partial charge < -0.3 is 15.3 Å². The van der Waals surface area contributed by atoms with Crippen LogP contribution in [0.15, 0.2) is 35.7 Å². The summed E-state index contributed by atoms with van der Waals surface area (Å²) in [4.78, 5) is 13.4. The van der Waals surface area contributed by atoms with Crippen LogP contribution in [0.2, 0.25) is 0 Å². The van der Waals surface area contributed by atoms with Crippen molar-refractivity contribution in [3.8, 4) is 0 Å². The monoisotopic (exact) mass is 276 g/mol. The van der Waals surface area contributed by atoms with Gasteiger partial charge >= 0.3 is 0 Å². The molecule has 4 nitrogen and oxygen atoms in total. The molecule has 0 radical (unpaired) electrons. The molecule has 2 N–H and O–H groups in total. The first kappa shape index (κ1) is 13.3. The highest BCUT2D eigenvalue weighted by molar-refractivity contribution is 5.99. The number of rotatable bonds is 2. The summed E-state index contributed by atoms with van der Waals surface area (Å²) >= 11 is 0. The van der Waals surface area contributed by atoms with E-state index in [1.54, 1.807) is 24.3 Å². The predicted molar refractivity (Wildman–Crippen MR) is 72.7 cm³/mol. The van der Waals surface area contributed by atoms with Crippen molar-refractivity contribution in [2.75, 3.05) is 19.6 Å². The summed E-state index contributed by atoms with van der Waals surface area (Å²) in [5, 5.41) is 13.3. The molecule has 2 heterocycles. The van der Waals surface area contributed by atoms with E-state index in [1.165, 1.54) is 4.90 Å². The maximum atomic E-state index is 14.3. The van der Waals surface area contributed by atoms with Crippen LogP contribution >= 0.6 is 0 Å². The molecule has 5 heteroatoms. The summed E-state index contributed by atoms with van der Waals surface area (Å²) in [6.07, 6.45) is 0.278. The van der Waals surface area contributed by atoms with Crippen molar-refractivity contribution in [3.63, 3.8) is 0 Å². The van der Waals surface area contributed by atoms with Crippen molar-refractivity contribution in [2.24, 2.45) is 0 Å². The first-order chi connectivity index (χ1) is 9.68. The summed E-state index contributed by atoms with van der Waals surface area (Å²) in [7, 11) is 0. The van der Waals surface area contributed by atoms with Crippen molar-refractivity contribution in [1.29, 1.82) is 0 Å². The molecule has 1 unspecified atom stereocenters. The minimum Gasteiger partial charge on any atom is -0.369 e. The number of hydrogen-bond donors (Lipinski definition) is 2. The zero-order chi connectivity index (χ0) is 14.1. The summed E-state index contributed by atoms with van der Waals surface area (Å²) in [5.41, 5.74) is 1.77. The fraction of sp³-hybridized carbons (Fsp3) is 0.400. The third kappa shape index (κ3) is 2.23. The Bertz CT molecular complexity index is 563. The summed E-state index contributed by atoms with van der Waals surface area (Å²) in [6.45, 7) is 1.38. The zero-order valence-corrected chi connectivity index (χ0v) is 11.1. The zero-order valence-electron chi connectivity index (χ0n) is 11.1. The Labute approximate surface area is 116 Å². The molecule has 1 amide bonds. The number of halogens is 1. The second-order valence-corrected chi connectivity index (χ2v) is 5.15. The second kappa shape index (κ2) is 5.34. The molecule has 3 rings (SSSR count). The lowest BCUT2D eigenvalue weighted by Crippen LogP contribution is -2.31. The van der Waals surface area contributed by atoms with Crippen molar-refractivity contribution >= 4 is 5.91 Å². The molecule has 106 valence electrons. The average Bonchev–Trinajstić information content (AvgIpc) is 2.74. The number of nitrogens with zero attached hydrogens (tertiary/aromatic N) is 1. The first-order valence-corrected chi connectivity index (χ1v) is 6.83. The predicted octanol–water partition coefficient (Wildman–Crippen LogP) is 1.74. The van der Waals surface area contributed by atoms with Crippen LogP contribution in [0, 0.1) is 0 Å². The molecule has 1 aromatic rings. The van der Waals surface area contributed by atoms with Crippen LogP contribution in [0.3, 0.4) is 0 Å². The minimum absolute atomic E-state index is 0.149. The number of carbonyl (C=O) groups excluding carboxylic acids is 1. The molecule has 1 atom stereocenters. The number of aliphatic hydroxyl groups excluding tert-OH is 1. The van der Waals surface area contributed by atoms with E-state index in [4.69, 9.17) is 0 Å². The third-order valence-electron chi connectivity index (χ3n) is 3.93. The molecule has 1 aromatic carbocycles. The molecular formula is C15H17FN2O2. The molecule has 0 saturated carbocycles. The number of nitrogens with one attached hydrogen (secondary N) is 1. The van der Waals surface area contributed by atoms with Gasteiger partial charge in [-0.15, -0.1) is 0 Å². The third-order valence-corrected chi connectivity index (χ3v) is 3.93. The van der Waals surface area contributed by atoms with Gasteiger partial charge in [-0.05, 0) is 37.6 Å². The molecule has 1 fully saturated rings. The number of aliphatic hydroxyl groups is 1. The van der Waals surface area contributed by atoms with Gasteiger partial charge in [0.2, 0.25) is 0 Å². The Balaban J connectivity index is 1.81. The smallest absolute Gasteiger partial charge is 0.256 e. The van der Waals surface area contributed by atoms with E-state index < -0.39 is 6.23 Å². The Hall–Kier alpha value is -1.72. The van der Waals surface area contributed by atoms with E-state index >= 15 is 0 Å². The normalized spacial score (nSPS) is 22.1. The second-order valence-electron chi connectivity index (χ2n) is 5.15. The van der Waals surface area contributed by atoms with E-state index in [0.717, 1.165) is 18.7 Å². The van der Waals surface area contributed by atoms with Gasteiger partial charge in [0.05, 0.1) is 6.54 Å². The maximum absolute atomic E-state index is 14.3. The summed E-state index contributed by atoms with van der Waals surface area (Å²) in [6, 6.07) is 6.87. The standard InChI is InChI=1S/C15H17FN2O2/c16-13(10-5-7-17-8-6-10)9-18-14(19)11-3-1-2-4-12(11)15(18)20/h1-4,14,17,19H,5-9H2. The molecule has 2 aliphatic heterocycles. The van der Waals surface area contributed by atoms with Crippen LogP contribution < -0.4 is 5.32 Å². The summed E-state index contributed by atoms with van der Waals surface area (Å²) < 4.78 is 14.3. The number of hydrogen-bond acceptors (Lipinski definition) is 3. The lowest BCUT2D eigenvalue weighted by atomic mass is 10.0. The van der Waals surface area contributed by atoms with Gasteiger partial charge in [0.15, 0.2) is 6.23 Å². The largest absolute Gasteiger partial charge is 0.369 e. The number of fused-ring (bicyclic) bond motifs is 1. The van der Waals surface area contributed by atoms with E-state index in [2.05, 4.69) is 5.32 Å². The SMILES string of the molecule is O=C1c2ccccc2C(O)N1CC(F)=C1CCNCC1. The highest BCUT2D eigenvalue weighted by Crippen LogP contribution is 2.32. The summed E-state index contributed by atoms with van der Waals surface area (Å²) in [5.74, 6) is -0.593. The van der Waals surface area contributed by atoms with Gasteiger partial charge in [0.1, 0.15) is 5.83 Å². The molecular weight excluding hydrogens is 259 g/mol. The molecule has 1 saturated heterocycles. The lowest BCUT2D eigenvalue weighted by molar-refractivity contribution is 0.0196. The molecule has 0 aliphatic carbocycles. The number of piperidine rings is 1. The van der Waals surface area contributed by atoms with Crippen molar-refractivity contribution in [2.45, 2.75) is 19.1 Å². The Kier molecular flexibility index (Phi) is 3.54. The van der Waals surface area contributed by atoms with Gasteiger partial charge in [-0.2, -0.15) is 0 Å². The van der Waals surface area contributed by atoms with Crippen LogP contribution in [-0.2, 0) is 0 Å². The Morgan fingerprint density at radius 1 is 1.35 bits per heavy atom. The van der Waals surface area contributed by atoms with Crippen LogP contribution in [-0.4, -0.2) is 35.5 Å². The van der Waals surface area contributed by atoms with E-state index in [-0.39, 0.29) is 18.3 Å². The first-order valence-electron chi connectivity index (χ1n) is 6.83. The number of carbonyl (C=O) groups is 1. The molecule has 0 bridgehead atoms.